The van der Waals surface area contributed by atoms with Gasteiger partial charge in [0.25, 0.3) is 0 Å². The third-order valence-corrected chi connectivity index (χ3v) is 0.723. The van der Waals surface area contributed by atoms with Crippen LogP contribution in [0.2, 0.25) is 0 Å². The van der Waals surface area contributed by atoms with Crippen LogP contribution in [0.4, 0.5) is 0 Å². The van der Waals surface area contributed by atoms with Crippen molar-refractivity contribution in [2.24, 2.45) is 5.73 Å². The molecule has 0 saturated carbocycles. The summed E-state index contributed by atoms with van der Waals surface area (Å²) in [4.78, 5) is 20.1. The standard InChI is InChI=1S/C4H8N2O3.Na.H/c5-3(7)1-2-4(8)6-9;;/h9H,1-2H2,(H2,5,7)(H,6,8);;. The summed E-state index contributed by atoms with van der Waals surface area (Å²) < 4.78 is 0. The molecule has 0 atom stereocenters. The van der Waals surface area contributed by atoms with Crippen LogP contribution in [0.3, 0.4) is 0 Å². The monoisotopic (exact) mass is 156 g/mol. The van der Waals surface area contributed by atoms with Gasteiger partial charge in [0.1, 0.15) is 0 Å². The molecule has 6 heteroatoms. The van der Waals surface area contributed by atoms with E-state index in [1.807, 2.05) is 0 Å². The minimum absolute atomic E-state index is 0. The summed E-state index contributed by atoms with van der Waals surface area (Å²) in [7, 11) is 0. The van der Waals surface area contributed by atoms with Crippen LogP contribution in [0.15, 0.2) is 0 Å². The molecule has 0 aromatic heterocycles. The number of hydrogen-bond donors (Lipinski definition) is 3. The van der Waals surface area contributed by atoms with E-state index in [4.69, 9.17) is 10.9 Å². The molecule has 0 fully saturated rings. The molecule has 0 aromatic carbocycles. The summed E-state index contributed by atoms with van der Waals surface area (Å²) >= 11 is 0. The minimum atomic E-state index is -0.603. The first-order valence-corrected chi connectivity index (χ1v) is 2.38. The first-order valence-electron chi connectivity index (χ1n) is 2.38. The van der Waals surface area contributed by atoms with Gasteiger partial charge in [0, 0.05) is 12.8 Å². The van der Waals surface area contributed by atoms with E-state index in [-0.39, 0.29) is 42.4 Å². The fourth-order valence-corrected chi connectivity index (χ4v) is 0.293. The topological polar surface area (TPSA) is 92.4 Å². The average Bonchev–Trinajstić information content (AvgIpc) is 1.83. The molecule has 0 aromatic rings. The van der Waals surface area contributed by atoms with Gasteiger partial charge in [-0.05, 0) is 0 Å². The quantitative estimate of drug-likeness (QED) is 0.253. The molecule has 0 aliphatic heterocycles. The van der Waals surface area contributed by atoms with E-state index in [1.165, 1.54) is 5.48 Å². The van der Waals surface area contributed by atoms with E-state index in [1.54, 1.807) is 0 Å². The summed E-state index contributed by atoms with van der Waals surface area (Å²) in [6.07, 6.45) is -0.0990. The number of primary amides is 1. The third-order valence-electron chi connectivity index (χ3n) is 0.723. The molecule has 54 valence electrons. The second kappa shape index (κ2) is 7.01. The molecule has 2 amide bonds. The van der Waals surface area contributed by atoms with Crippen molar-refractivity contribution in [2.45, 2.75) is 12.8 Å². The molecule has 4 N–H and O–H groups in total. The Balaban J connectivity index is 0. The predicted molar refractivity (Wildman–Crippen MR) is 35.5 cm³/mol. The van der Waals surface area contributed by atoms with E-state index < -0.39 is 11.8 Å². The Hall–Kier alpha value is -0.100. The number of amides is 2. The van der Waals surface area contributed by atoms with Crippen molar-refractivity contribution in [3.63, 3.8) is 0 Å². The van der Waals surface area contributed by atoms with E-state index in [0.29, 0.717) is 0 Å². The molecule has 0 bridgehead atoms. The van der Waals surface area contributed by atoms with Crippen LogP contribution < -0.4 is 11.2 Å². The van der Waals surface area contributed by atoms with E-state index in [0.717, 1.165) is 0 Å². The first-order chi connectivity index (χ1) is 4.16. The van der Waals surface area contributed by atoms with Gasteiger partial charge in [-0.2, -0.15) is 0 Å². The van der Waals surface area contributed by atoms with E-state index >= 15 is 0 Å². The maximum atomic E-state index is 10.1. The molecule has 0 heterocycles. The normalized spacial score (nSPS) is 7.70. The molecule has 0 saturated heterocycles. The molecule has 0 rings (SSSR count). The molecular weight excluding hydrogens is 147 g/mol. The van der Waals surface area contributed by atoms with Gasteiger partial charge in [0.05, 0.1) is 0 Å². The summed E-state index contributed by atoms with van der Waals surface area (Å²) in [6.45, 7) is 0. The molecule has 0 radical (unpaired) electrons. The van der Waals surface area contributed by atoms with Crippen LogP contribution in [-0.4, -0.2) is 46.6 Å². The number of carbonyl (C=O) groups excluding carboxylic acids is 2. The van der Waals surface area contributed by atoms with Crippen LogP contribution in [0.25, 0.3) is 0 Å². The first kappa shape index (κ1) is 12.6. The number of nitrogens with two attached hydrogens (primary N) is 1. The van der Waals surface area contributed by atoms with Gasteiger partial charge in [-0.1, -0.05) is 0 Å². The van der Waals surface area contributed by atoms with Crippen molar-refractivity contribution in [1.29, 1.82) is 0 Å². The van der Waals surface area contributed by atoms with Crippen molar-refractivity contribution in [1.82, 2.24) is 5.48 Å². The zero-order valence-corrected chi connectivity index (χ0v) is 4.76. The summed E-state index contributed by atoms with van der Waals surface area (Å²) in [5.41, 5.74) is 6.07. The van der Waals surface area contributed by atoms with Gasteiger partial charge >= 0.3 is 29.6 Å². The molecule has 0 aliphatic rings. The van der Waals surface area contributed by atoms with Crippen molar-refractivity contribution in [3.8, 4) is 0 Å². The van der Waals surface area contributed by atoms with E-state index in [9.17, 15) is 9.59 Å². The second-order valence-electron chi connectivity index (χ2n) is 1.50. The molecule has 0 spiro atoms. The molecule has 0 unspecified atom stereocenters. The van der Waals surface area contributed by atoms with Crippen LogP contribution >= 0.6 is 0 Å². The summed E-state index contributed by atoms with van der Waals surface area (Å²) in [5.74, 6) is -1.16. The molecule has 10 heavy (non-hydrogen) atoms. The Labute approximate surface area is 80.2 Å². The molecule has 5 nitrogen and oxygen atoms in total. The number of rotatable bonds is 3. The average molecular weight is 156 g/mol. The number of nitrogens with one attached hydrogen (secondary N) is 1. The fourth-order valence-electron chi connectivity index (χ4n) is 0.293. The Morgan fingerprint density at radius 2 is 1.90 bits per heavy atom. The summed E-state index contributed by atoms with van der Waals surface area (Å²) in [5, 5.41) is 7.90. The predicted octanol–water partition coefficient (Wildman–Crippen LogP) is -1.89. The van der Waals surface area contributed by atoms with Gasteiger partial charge in [0.15, 0.2) is 0 Å². The van der Waals surface area contributed by atoms with Crippen LogP contribution in [-0.2, 0) is 9.59 Å². The van der Waals surface area contributed by atoms with Crippen LogP contribution in [0.1, 0.15) is 12.8 Å². The molecular formula is C4H9N2NaO3. The second-order valence-corrected chi connectivity index (χ2v) is 1.50. The Morgan fingerprint density at radius 3 is 2.20 bits per heavy atom. The Morgan fingerprint density at radius 1 is 1.40 bits per heavy atom. The van der Waals surface area contributed by atoms with Gasteiger partial charge in [-0.25, -0.2) is 5.48 Å². The van der Waals surface area contributed by atoms with Gasteiger partial charge in [-0.3, -0.25) is 14.8 Å². The Kier molecular flexibility index (Phi) is 8.81. The zero-order chi connectivity index (χ0) is 7.28. The van der Waals surface area contributed by atoms with Crippen molar-refractivity contribution >= 4 is 41.4 Å². The van der Waals surface area contributed by atoms with Crippen LogP contribution in [0.5, 0.6) is 0 Å². The Bertz CT molecular complexity index is 128. The number of carbonyl (C=O) groups is 2. The SMILES string of the molecule is NC(=O)CCC(=O)NO.[NaH]. The van der Waals surface area contributed by atoms with Gasteiger partial charge in [-0.15, -0.1) is 0 Å². The summed E-state index contributed by atoms with van der Waals surface area (Å²) in [6, 6.07) is 0. The third kappa shape index (κ3) is 7.90. The van der Waals surface area contributed by atoms with Gasteiger partial charge in [0.2, 0.25) is 11.8 Å². The fraction of sp³-hybridized carbons (Fsp3) is 0.500. The van der Waals surface area contributed by atoms with Crippen molar-refractivity contribution < 1.29 is 14.8 Å². The van der Waals surface area contributed by atoms with E-state index in [2.05, 4.69) is 0 Å². The van der Waals surface area contributed by atoms with Gasteiger partial charge < -0.3 is 5.73 Å². The number of hydrogen-bond acceptors (Lipinski definition) is 3. The maximum absolute atomic E-state index is 10.1. The molecule has 0 aliphatic carbocycles. The van der Waals surface area contributed by atoms with Crippen LogP contribution in [0, 0.1) is 0 Å². The number of hydroxylamine groups is 1. The van der Waals surface area contributed by atoms with Crippen molar-refractivity contribution in [3.05, 3.63) is 0 Å². The zero-order valence-electron chi connectivity index (χ0n) is 4.76. The van der Waals surface area contributed by atoms with Crippen molar-refractivity contribution in [2.75, 3.05) is 0 Å².